The van der Waals surface area contributed by atoms with Gasteiger partial charge in [-0.1, -0.05) is 28.1 Å². The SMILES string of the molecule is C=CCCCN(C)C(=NC)NCCNC(=O)c1cccc(Br)c1. The molecule has 0 saturated heterocycles. The first-order valence-electron chi connectivity index (χ1n) is 7.65. The van der Waals surface area contributed by atoms with Crippen molar-refractivity contribution in [3.63, 3.8) is 0 Å². The minimum atomic E-state index is -0.0811. The fraction of sp³-hybridized carbons (Fsp3) is 0.412. The van der Waals surface area contributed by atoms with E-state index in [1.54, 1.807) is 19.2 Å². The second kappa shape index (κ2) is 10.8. The Kier molecular flexibility index (Phi) is 9.05. The summed E-state index contributed by atoms with van der Waals surface area (Å²) >= 11 is 3.36. The predicted octanol–water partition coefficient (Wildman–Crippen LogP) is 2.65. The van der Waals surface area contributed by atoms with Crippen molar-refractivity contribution in [1.82, 2.24) is 15.5 Å². The number of aliphatic imine (C=N–C) groups is 1. The summed E-state index contributed by atoms with van der Waals surface area (Å²) in [7, 11) is 3.75. The van der Waals surface area contributed by atoms with Gasteiger partial charge in [-0.3, -0.25) is 9.79 Å². The van der Waals surface area contributed by atoms with Crippen LogP contribution in [-0.2, 0) is 0 Å². The maximum Gasteiger partial charge on any atom is 0.251 e. The molecule has 1 aromatic rings. The molecule has 0 aliphatic carbocycles. The first-order chi connectivity index (χ1) is 11.1. The van der Waals surface area contributed by atoms with Gasteiger partial charge in [0.25, 0.3) is 5.91 Å². The number of guanidine groups is 1. The fourth-order valence-corrected chi connectivity index (χ4v) is 2.44. The highest BCUT2D eigenvalue weighted by Crippen LogP contribution is 2.11. The van der Waals surface area contributed by atoms with Gasteiger partial charge in [0.2, 0.25) is 0 Å². The van der Waals surface area contributed by atoms with E-state index in [2.05, 4.69) is 43.0 Å². The molecule has 0 fully saturated rings. The van der Waals surface area contributed by atoms with Gasteiger partial charge in [0, 0.05) is 43.8 Å². The zero-order valence-electron chi connectivity index (χ0n) is 13.8. The normalized spacial score (nSPS) is 11.0. The van der Waals surface area contributed by atoms with E-state index in [1.807, 2.05) is 25.3 Å². The van der Waals surface area contributed by atoms with E-state index >= 15 is 0 Å². The topological polar surface area (TPSA) is 56.7 Å². The molecule has 0 saturated carbocycles. The molecule has 1 amide bonds. The van der Waals surface area contributed by atoms with Crippen molar-refractivity contribution < 1.29 is 4.79 Å². The Balaban J connectivity index is 2.32. The highest BCUT2D eigenvalue weighted by molar-refractivity contribution is 9.10. The molecule has 0 atom stereocenters. The van der Waals surface area contributed by atoms with Crippen LogP contribution in [0.3, 0.4) is 0 Å². The molecule has 0 unspecified atom stereocenters. The Morgan fingerprint density at radius 2 is 2.13 bits per heavy atom. The summed E-state index contributed by atoms with van der Waals surface area (Å²) in [4.78, 5) is 18.3. The first-order valence-corrected chi connectivity index (χ1v) is 8.44. The lowest BCUT2D eigenvalue weighted by Crippen LogP contribution is -2.42. The molecule has 0 aliphatic heterocycles. The van der Waals surface area contributed by atoms with Gasteiger partial charge in [-0.05, 0) is 31.0 Å². The molecule has 1 aromatic carbocycles. The zero-order valence-corrected chi connectivity index (χ0v) is 15.4. The summed E-state index contributed by atoms with van der Waals surface area (Å²) < 4.78 is 0.893. The van der Waals surface area contributed by atoms with Gasteiger partial charge < -0.3 is 15.5 Å². The molecule has 0 aromatic heterocycles. The number of carbonyl (C=O) groups excluding carboxylic acids is 1. The summed E-state index contributed by atoms with van der Waals surface area (Å²) in [6.45, 7) is 5.79. The van der Waals surface area contributed by atoms with Crippen LogP contribution in [0.15, 0.2) is 46.4 Å². The summed E-state index contributed by atoms with van der Waals surface area (Å²) in [6.07, 6.45) is 3.95. The number of halogens is 1. The lowest BCUT2D eigenvalue weighted by Gasteiger charge is -2.21. The Hall–Kier alpha value is -1.82. The van der Waals surface area contributed by atoms with Crippen LogP contribution in [0.1, 0.15) is 23.2 Å². The number of hydrogen-bond acceptors (Lipinski definition) is 2. The minimum absolute atomic E-state index is 0.0811. The fourth-order valence-electron chi connectivity index (χ4n) is 2.05. The van der Waals surface area contributed by atoms with E-state index in [0.29, 0.717) is 18.7 Å². The van der Waals surface area contributed by atoms with Crippen molar-refractivity contribution >= 4 is 27.8 Å². The number of nitrogens with zero attached hydrogens (tertiary/aromatic N) is 2. The summed E-state index contributed by atoms with van der Waals surface area (Å²) in [5, 5.41) is 6.13. The van der Waals surface area contributed by atoms with E-state index in [-0.39, 0.29) is 5.91 Å². The van der Waals surface area contributed by atoms with E-state index < -0.39 is 0 Å². The van der Waals surface area contributed by atoms with Crippen molar-refractivity contribution in [1.29, 1.82) is 0 Å². The Labute approximate surface area is 147 Å². The van der Waals surface area contributed by atoms with Crippen molar-refractivity contribution in [2.24, 2.45) is 4.99 Å². The molecule has 2 N–H and O–H groups in total. The summed E-state index contributed by atoms with van der Waals surface area (Å²) in [5.41, 5.74) is 0.644. The van der Waals surface area contributed by atoms with Gasteiger partial charge in [-0.15, -0.1) is 6.58 Å². The highest BCUT2D eigenvalue weighted by Gasteiger charge is 2.06. The molecule has 0 radical (unpaired) electrons. The second-order valence-corrected chi connectivity index (χ2v) is 6.01. The van der Waals surface area contributed by atoms with Gasteiger partial charge in [-0.25, -0.2) is 0 Å². The number of nitrogens with one attached hydrogen (secondary N) is 2. The molecule has 0 spiro atoms. The third-order valence-corrected chi connectivity index (χ3v) is 3.75. The average Bonchev–Trinajstić information content (AvgIpc) is 2.54. The van der Waals surface area contributed by atoms with Crippen molar-refractivity contribution in [3.8, 4) is 0 Å². The quantitative estimate of drug-likeness (QED) is 0.315. The molecule has 23 heavy (non-hydrogen) atoms. The molecule has 5 nitrogen and oxygen atoms in total. The lowest BCUT2D eigenvalue weighted by atomic mass is 10.2. The maximum atomic E-state index is 12.0. The van der Waals surface area contributed by atoms with Crippen LogP contribution in [0.4, 0.5) is 0 Å². The van der Waals surface area contributed by atoms with Gasteiger partial charge in [0.15, 0.2) is 5.96 Å². The number of rotatable bonds is 8. The molecule has 0 aliphatic rings. The monoisotopic (exact) mass is 380 g/mol. The lowest BCUT2D eigenvalue weighted by molar-refractivity contribution is 0.0954. The van der Waals surface area contributed by atoms with Gasteiger partial charge in [-0.2, -0.15) is 0 Å². The zero-order chi connectivity index (χ0) is 17.1. The van der Waals surface area contributed by atoms with Gasteiger partial charge >= 0.3 is 0 Å². The Morgan fingerprint density at radius 3 is 2.78 bits per heavy atom. The minimum Gasteiger partial charge on any atom is -0.354 e. The number of allylic oxidation sites excluding steroid dienone is 1. The standard InChI is InChI=1S/C17H25BrN4O/c1-4-5-6-12-22(3)17(19-2)21-11-10-20-16(23)14-8-7-9-15(18)13-14/h4,7-9,13H,1,5-6,10-12H2,2-3H3,(H,19,21)(H,20,23). The molecule has 126 valence electrons. The van der Waals surface area contributed by atoms with Crippen LogP contribution in [0.5, 0.6) is 0 Å². The van der Waals surface area contributed by atoms with E-state index in [4.69, 9.17) is 0 Å². The highest BCUT2D eigenvalue weighted by atomic mass is 79.9. The number of unbranched alkanes of at least 4 members (excludes halogenated alkanes) is 1. The number of benzene rings is 1. The van der Waals surface area contributed by atoms with Crippen LogP contribution >= 0.6 is 15.9 Å². The van der Waals surface area contributed by atoms with Crippen LogP contribution in [-0.4, -0.2) is 50.5 Å². The predicted molar refractivity (Wildman–Crippen MR) is 99.9 cm³/mol. The molecular formula is C17H25BrN4O. The maximum absolute atomic E-state index is 12.0. The molecule has 0 heterocycles. The largest absolute Gasteiger partial charge is 0.354 e. The number of hydrogen-bond donors (Lipinski definition) is 2. The van der Waals surface area contributed by atoms with Gasteiger partial charge in [0.05, 0.1) is 0 Å². The third-order valence-electron chi connectivity index (χ3n) is 3.26. The van der Waals surface area contributed by atoms with Crippen molar-refractivity contribution in [2.75, 3.05) is 33.7 Å². The van der Waals surface area contributed by atoms with Crippen LogP contribution in [0, 0.1) is 0 Å². The number of amides is 1. The van der Waals surface area contributed by atoms with E-state index in [0.717, 1.165) is 29.8 Å². The molecule has 6 heteroatoms. The first kappa shape index (κ1) is 19.2. The van der Waals surface area contributed by atoms with E-state index in [9.17, 15) is 4.79 Å². The van der Waals surface area contributed by atoms with E-state index in [1.165, 1.54) is 0 Å². The Bertz CT molecular complexity index is 545. The average molecular weight is 381 g/mol. The van der Waals surface area contributed by atoms with Crippen LogP contribution in [0.25, 0.3) is 0 Å². The smallest absolute Gasteiger partial charge is 0.251 e. The van der Waals surface area contributed by atoms with Crippen molar-refractivity contribution in [2.45, 2.75) is 12.8 Å². The summed E-state index contributed by atoms with van der Waals surface area (Å²) in [5.74, 6) is 0.744. The van der Waals surface area contributed by atoms with Crippen LogP contribution in [0.2, 0.25) is 0 Å². The van der Waals surface area contributed by atoms with Crippen LogP contribution < -0.4 is 10.6 Å². The molecular weight excluding hydrogens is 356 g/mol. The van der Waals surface area contributed by atoms with Gasteiger partial charge in [0.1, 0.15) is 0 Å². The Morgan fingerprint density at radius 1 is 1.39 bits per heavy atom. The summed E-state index contributed by atoms with van der Waals surface area (Å²) in [6, 6.07) is 7.33. The third kappa shape index (κ3) is 7.32. The van der Waals surface area contributed by atoms with Crippen molar-refractivity contribution in [3.05, 3.63) is 47.0 Å². The molecule has 0 bridgehead atoms. The second-order valence-electron chi connectivity index (χ2n) is 5.09. The molecule has 1 rings (SSSR count). The number of carbonyl (C=O) groups is 1.